The molecule has 12 aromatic rings. The predicted molar refractivity (Wildman–Crippen MR) is 289 cm³/mol. The van der Waals surface area contributed by atoms with E-state index >= 15 is 0 Å². The molecule has 1 heterocycles. The lowest BCUT2D eigenvalue weighted by atomic mass is 9.88. The Balaban J connectivity index is 0.965. The third-order valence-corrected chi connectivity index (χ3v) is 13.9. The number of hydrogen-bond donors (Lipinski definition) is 0. The van der Waals surface area contributed by atoms with Crippen molar-refractivity contribution in [2.45, 2.75) is 12.8 Å². The number of fused-ring (bicyclic) bond motifs is 7. The van der Waals surface area contributed by atoms with Crippen LogP contribution in [0.2, 0.25) is 0 Å². The van der Waals surface area contributed by atoms with Crippen LogP contribution in [0, 0.1) is 0 Å². The van der Waals surface area contributed by atoms with Gasteiger partial charge in [0.2, 0.25) is 0 Å². The van der Waals surface area contributed by atoms with E-state index in [1.54, 1.807) is 0 Å². The molecule has 1 aliphatic rings. The molecule has 0 saturated carbocycles. The first-order chi connectivity index (χ1) is 33.7. The standard InChI is InChI=1S/C66H45NO/c1-3-16-45(17-4-1)55-39-34-50(40-60(55)46-18-5-2-6-19-46)44-30-35-52(36-31-44)67(53-37-32-47(33-38-53)61-42-51-22-9-10-23-54(51)56-24-11-12-25-57(56)61)63-28-14-13-26-58(63)59-27-15-29-64-66(59)62-41-48-20-7-8-21-49(48)43-65(62)68-64/h1-5,7-18,20-43H,6,19H2. The minimum absolute atomic E-state index is 0.878. The molecule has 2 heteroatoms. The Bertz CT molecular complexity index is 3950. The van der Waals surface area contributed by atoms with Crippen molar-refractivity contribution in [3.63, 3.8) is 0 Å². The van der Waals surface area contributed by atoms with E-state index in [0.29, 0.717) is 0 Å². The molecule has 0 saturated heterocycles. The SMILES string of the molecule is C1=CCCC(c2cc(-c3ccc(N(c4ccc(-c5cc6ccccc6c6ccccc56)cc4)c4ccccc4-c4cccc5oc6cc7ccccc7cc6c45)cc3)ccc2-c2ccccc2)=C1. The summed E-state index contributed by atoms with van der Waals surface area (Å²) in [5.74, 6) is 0. The fourth-order valence-electron chi connectivity index (χ4n) is 10.6. The highest BCUT2D eigenvalue weighted by Gasteiger charge is 2.22. The smallest absolute Gasteiger partial charge is 0.136 e. The predicted octanol–water partition coefficient (Wildman–Crippen LogP) is 18.9. The van der Waals surface area contributed by atoms with Crippen LogP contribution in [-0.2, 0) is 0 Å². The number of allylic oxidation sites excluding steroid dienone is 4. The Morgan fingerprint density at radius 1 is 0.353 bits per heavy atom. The van der Waals surface area contributed by atoms with Gasteiger partial charge in [0.15, 0.2) is 0 Å². The highest BCUT2D eigenvalue weighted by molar-refractivity contribution is 6.17. The van der Waals surface area contributed by atoms with Crippen molar-refractivity contribution >= 4 is 76.9 Å². The first-order valence-corrected chi connectivity index (χ1v) is 23.6. The molecular formula is C66H45NO. The van der Waals surface area contributed by atoms with Crippen LogP contribution >= 0.6 is 0 Å². The number of rotatable bonds is 8. The molecule has 68 heavy (non-hydrogen) atoms. The average Bonchev–Trinajstić information content (AvgIpc) is 3.78. The summed E-state index contributed by atoms with van der Waals surface area (Å²) in [6.07, 6.45) is 8.84. The van der Waals surface area contributed by atoms with Gasteiger partial charge in [-0.1, -0.05) is 188 Å². The van der Waals surface area contributed by atoms with E-state index in [1.807, 2.05) is 0 Å². The van der Waals surface area contributed by atoms with Gasteiger partial charge in [0.25, 0.3) is 0 Å². The summed E-state index contributed by atoms with van der Waals surface area (Å²) in [5, 5.41) is 9.63. The quantitative estimate of drug-likeness (QED) is 0.142. The average molecular weight is 868 g/mol. The number of hydrogen-bond acceptors (Lipinski definition) is 2. The number of para-hydroxylation sites is 1. The summed E-state index contributed by atoms with van der Waals surface area (Å²) in [5.41, 5.74) is 17.2. The van der Waals surface area contributed by atoms with Crippen LogP contribution in [0.1, 0.15) is 18.4 Å². The Labute approximate surface area is 396 Å². The minimum atomic E-state index is 0.878. The Hall–Kier alpha value is -8.72. The van der Waals surface area contributed by atoms with Gasteiger partial charge in [0.1, 0.15) is 11.2 Å². The van der Waals surface area contributed by atoms with E-state index in [1.165, 1.54) is 76.8 Å². The molecule has 0 amide bonds. The second-order valence-corrected chi connectivity index (χ2v) is 17.9. The fraction of sp³-hybridized carbons (Fsp3) is 0.0303. The molecule has 0 radical (unpaired) electrons. The van der Waals surface area contributed by atoms with Gasteiger partial charge in [-0.3, -0.25) is 0 Å². The topological polar surface area (TPSA) is 16.4 Å². The van der Waals surface area contributed by atoms with Gasteiger partial charge >= 0.3 is 0 Å². The van der Waals surface area contributed by atoms with Gasteiger partial charge in [-0.05, 0) is 156 Å². The van der Waals surface area contributed by atoms with E-state index in [2.05, 4.69) is 254 Å². The van der Waals surface area contributed by atoms with Crippen molar-refractivity contribution in [2.75, 3.05) is 4.90 Å². The van der Waals surface area contributed by atoms with Crippen molar-refractivity contribution in [3.05, 3.63) is 254 Å². The summed E-state index contributed by atoms with van der Waals surface area (Å²) >= 11 is 0. The number of nitrogens with zero attached hydrogens (tertiary/aromatic N) is 1. The molecule has 0 N–H and O–H groups in total. The largest absolute Gasteiger partial charge is 0.456 e. The van der Waals surface area contributed by atoms with Gasteiger partial charge in [-0.2, -0.15) is 0 Å². The molecule has 0 bridgehead atoms. The molecule has 0 aliphatic heterocycles. The molecule has 0 atom stereocenters. The molecule has 1 aliphatic carbocycles. The third kappa shape index (κ3) is 6.89. The maximum absolute atomic E-state index is 6.62. The van der Waals surface area contributed by atoms with Crippen molar-refractivity contribution in [1.29, 1.82) is 0 Å². The van der Waals surface area contributed by atoms with Crippen molar-refractivity contribution < 1.29 is 4.42 Å². The maximum Gasteiger partial charge on any atom is 0.136 e. The minimum Gasteiger partial charge on any atom is -0.456 e. The zero-order chi connectivity index (χ0) is 45.0. The van der Waals surface area contributed by atoms with E-state index in [0.717, 1.165) is 63.0 Å². The molecule has 320 valence electrons. The van der Waals surface area contributed by atoms with E-state index in [4.69, 9.17) is 4.42 Å². The first-order valence-electron chi connectivity index (χ1n) is 23.6. The van der Waals surface area contributed by atoms with Crippen LogP contribution in [0.5, 0.6) is 0 Å². The Morgan fingerprint density at radius 2 is 0.985 bits per heavy atom. The van der Waals surface area contributed by atoms with Crippen LogP contribution in [0.25, 0.3) is 104 Å². The molecule has 0 unspecified atom stereocenters. The lowest BCUT2D eigenvalue weighted by Crippen LogP contribution is -2.11. The Kier molecular flexibility index (Phi) is 9.68. The van der Waals surface area contributed by atoms with Gasteiger partial charge in [0, 0.05) is 27.7 Å². The van der Waals surface area contributed by atoms with Gasteiger partial charge < -0.3 is 9.32 Å². The monoisotopic (exact) mass is 867 g/mol. The lowest BCUT2D eigenvalue weighted by molar-refractivity contribution is 0.669. The zero-order valence-corrected chi connectivity index (χ0v) is 37.4. The van der Waals surface area contributed by atoms with Crippen molar-refractivity contribution in [1.82, 2.24) is 0 Å². The van der Waals surface area contributed by atoms with Crippen molar-refractivity contribution in [2.24, 2.45) is 0 Å². The second-order valence-electron chi connectivity index (χ2n) is 17.9. The first kappa shape index (κ1) is 39.6. The number of benzene rings is 11. The van der Waals surface area contributed by atoms with Crippen LogP contribution < -0.4 is 4.90 Å². The zero-order valence-electron chi connectivity index (χ0n) is 37.4. The summed E-state index contributed by atoms with van der Waals surface area (Å²) in [7, 11) is 0. The highest BCUT2D eigenvalue weighted by Crippen LogP contribution is 2.47. The molecule has 1 aromatic heterocycles. The normalized spacial score (nSPS) is 12.6. The molecule has 0 spiro atoms. The van der Waals surface area contributed by atoms with Crippen LogP contribution in [0.15, 0.2) is 253 Å². The van der Waals surface area contributed by atoms with Crippen molar-refractivity contribution in [3.8, 4) is 44.5 Å². The summed E-state index contributed by atoms with van der Waals surface area (Å²) in [6, 6.07) is 84.1. The molecule has 2 nitrogen and oxygen atoms in total. The summed E-state index contributed by atoms with van der Waals surface area (Å²) < 4.78 is 6.62. The fourth-order valence-corrected chi connectivity index (χ4v) is 10.6. The lowest BCUT2D eigenvalue weighted by Gasteiger charge is -2.28. The van der Waals surface area contributed by atoms with Gasteiger partial charge in [-0.15, -0.1) is 0 Å². The van der Waals surface area contributed by atoms with E-state index < -0.39 is 0 Å². The van der Waals surface area contributed by atoms with Crippen LogP contribution in [0.3, 0.4) is 0 Å². The summed E-state index contributed by atoms with van der Waals surface area (Å²) in [4.78, 5) is 2.42. The van der Waals surface area contributed by atoms with E-state index in [-0.39, 0.29) is 0 Å². The number of anilines is 3. The molecule has 11 aromatic carbocycles. The highest BCUT2D eigenvalue weighted by atomic mass is 16.3. The van der Waals surface area contributed by atoms with E-state index in [9.17, 15) is 0 Å². The van der Waals surface area contributed by atoms with Crippen LogP contribution in [0.4, 0.5) is 17.1 Å². The molecular weight excluding hydrogens is 823 g/mol. The maximum atomic E-state index is 6.62. The Morgan fingerprint density at radius 3 is 1.76 bits per heavy atom. The summed E-state index contributed by atoms with van der Waals surface area (Å²) in [6.45, 7) is 0. The van der Waals surface area contributed by atoms with Gasteiger partial charge in [0.05, 0.1) is 5.69 Å². The second kappa shape index (κ2) is 16.6. The molecule has 13 rings (SSSR count). The number of furan rings is 1. The molecule has 0 fully saturated rings. The van der Waals surface area contributed by atoms with Crippen LogP contribution in [-0.4, -0.2) is 0 Å². The van der Waals surface area contributed by atoms with Gasteiger partial charge in [-0.25, -0.2) is 0 Å². The third-order valence-electron chi connectivity index (χ3n) is 13.9.